The van der Waals surface area contributed by atoms with Crippen LogP contribution in [0.5, 0.6) is 5.75 Å². The van der Waals surface area contributed by atoms with Gasteiger partial charge in [0, 0.05) is 50.6 Å². The van der Waals surface area contributed by atoms with Crippen LogP contribution in [0, 0.1) is 18.8 Å². The Morgan fingerprint density at radius 2 is 1.85 bits per heavy atom. The Morgan fingerprint density at radius 1 is 1.07 bits per heavy atom. The van der Waals surface area contributed by atoms with Crippen molar-refractivity contribution in [3.63, 3.8) is 0 Å². The number of hydrogen-bond acceptors (Lipinski definition) is 7. The van der Waals surface area contributed by atoms with Crippen molar-refractivity contribution in [2.24, 2.45) is 16.9 Å². The molecule has 1 heterocycles. The molecule has 1 aliphatic heterocycles. The highest BCUT2D eigenvalue weighted by Gasteiger charge is 2.24. The normalized spacial score (nSPS) is 17.5. The highest BCUT2D eigenvalue weighted by atomic mass is 16.5. The molecule has 3 aromatic carbocycles. The first-order valence-electron chi connectivity index (χ1n) is 16.4. The van der Waals surface area contributed by atoms with Gasteiger partial charge in [-0.25, -0.2) is 5.43 Å². The Labute approximate surface area is 271 Å². The van der Waals surface area contributed by atoms with E-state index in [0.717, 1.165) is 53.7 Å². The summed E-state index contributed by atoms with van der Waals surface area (Å²) in [5, 5.41) is 21.5. The summed E-state index contributed by atoms with van der Waals surface area (Å²) < 4.78 is 12.2. The molecule has 1 aliphatic carbocycles. The first-order valence-corrected chi connectivity index (χ1v) is 16.4. The van der Waals surface area contributed by atoms with Crippen molar-refractivity contribution >= 4 is 23.2 Å². The predicted molar refractivity (Wildman–Crippen MR) is 180 cm³/mol. The molecule has 0 saturated heterocycles. The standard InChI is InChI=1S/C37H46N4O5/c1-25-20-28(17-19-45-24-29-8-9-29)10-15-33(25)46-34(22-27-6-4-3-5-7-27)32(42)23-38-18-16-35(43)39-31-13-11-30(12-14-31)37-26(2)21-36(44)40-41-37/h3-7,10-15,20,26,29,32,34,38,42H,8-9,16-19,21-24H2,1-2H3,(H,39,43)(H,40,44). The van der Waals surface area contributed by atoms with Gasteiger partial charge < -0.3 is 25.2 Å². The highest BCUT2D eigenvalue weighted by molar-refractivity contribution is 6.06. The summed E-state index contributed by atoms with van der Waals surface area (Å²) in [6.07, 6.45) is 3.39. The Bertz CT molecular complexity index is 1470. The topological polar surface area (TPSA) is 121 Å². The fourth-order valence-corrected chi connectivity index (χ4v) is 5.52. The maximum Gasteiger partial charge on any atom is 0.240 e. The molecule has 9 nitrogen and oxygen atoms in total. The van der Waals surface area contributed by atoms with Crippen molar-refractivity contribution < 1.29 is 24.2 Å². The van der Waals surface area contributed by atoms with E-state index in [0.29, 0.717) is 25.1 Å². The molecule has 1 fully saturated rings. The van der Waals surface area contributed by atoms with Crippen molar-refractivity contribution in [2.75, 3.05) is 31.6 Å². The number of aliphatic hydroxyl groups is 1. The summed E-state index contributed by atoms with van der Waals surface area (Å²) in [6, 6.07) is 23.7. The molecule has 46 heavy (non-hydrogen) atoms. The van der Waals surface area contributed by atoms with E-state index < -0.39 is 12.2 Å². The van der Waals surface area contributed by atoms with Gasteiger partial charge in [-0.1, -0.05) is 61.5 Å². The number of aryl methyl sites for hydroxylation is 1. The van der Waals surface area contributed by atoms with Gasteiger partial charge in [0.2, 0.25) is 11.8 Å². The van der Waals surface area contributed by atoms with Crippen LogP contribution >= 0.6 is 0 Å². The van der Waals surface area contributed by atoms with Crippen molar-refractivity contribution in [1.29, 1.82) is 0 Å². The molecular weight excluding hydrogens is 580 g/mol. The van der Waals surface area contributed by atoms with E-state index in [2.05, 4.69) is 33.3 Å². The van der Waals surface area contributed by atoms with Gasteiger partial charge in [0.1, 0.15) is 18.0 Å². The second-order valence-electron chi connectivity index (χ2n) is 12.5. The van der Waals surface area contributed by atoms with Crippen LogP contribution in [0.15, 0.2) is 77.9 Å². The van der Waals surface area contributed by atoms with Gasteiger partial charge in [0.05, 0.1) is 12.3 Å². The molecule has 3 unspecified atom stereocenters. The molecule has 2 aliphatic rings. The van der Waals surface area contributed by atoms with Crippen LogP contribution in [0.2, 0.25) is 0 Å². The number of carbonyl (C=O) groups is 2. The molecule has 2 amide bonds. The second kappa shape index (κ2) is 16.5. The van der Waals surface area contributed by atoms with E-state index >= 15 is 0 Å². The molecule has 0 bridgehead atoms. The summed E-state index contributed by atoms with van der Waals surface area (Å²) in [7, 11) is 0. The number of hydrazone groups is 1. The zero-order valence-corrected chi connectivity index (χ0v) is 26.8. The van der Waals surface area contributed by atoms with E-state index in [1.165, 1.54) is 18.4 Å². The number of rotatable bonds is 17. The Kier molecular flexibility index (Phi) is 11.9. The minimum Gasteiger partial charge on any atom is -0.487 e. The van der Waals surface area contributed by atoms with Crippen LogP contribution < -0.4 is 20.8 Å². The smallest absolute Gasteiger partial charge is 0.240 e. The molecule has 0 aromatic heterocycles. The Balaban J connectivity index is 1.09. The van der Waals surface area contributed by atoms with Crippen LogP contribution in [0.1, 0.15) is 54.9 Å². The average molecular weight is 627 g/mol. The third-order valence-corrected chi connectivity index (χ3v) is 8.42. The van der Waals surface area contributed by atoms with Crippen molar-refractivity contribution in [3.8, 4) is 5.75 Å². The average Bonchev–Trinajstić information content (AvgIpc) is 3.88. The number of anilines is 1. The molecule has 244 valence electrons. The second-order valence-corrected chi connectivity index (χ2v) is 12.5. The van der Waals surface area contributed by atoms with Crippen LogP contribution in [-0.4, -0.2) is 61.1 Å². The molecule has 0 radical (unpaired) electrons. The fourth-order valence-electron chi connectivity index (χ4n) is 5.52. The summed E-state index contributed by atoms with van der Waals surface area (Å²) >= 11 is 0. The number of benzene rings is 3. The van der Waals surface area contributed by atoms with E-state index in [1.807, 2.05) is 74.5 Å². The van der Waals surface area contributed by atoms with Crippen LogP contribution in [0.3, 0.4) is 0 Å². The number of nitrogens with one attached hydrogen (secondary N) is 3. The maximum absolute atomic E-state index is 12.6. The van der Waals surface area contributed by atoms with Gasteiger partial charge in [0.25, 0.3) is 0 Å². The number of aliphatic hydroxyl groups excluding tert-OH is 1. The molecule has 0 spiro atoms. The SMILES string of the molecule is Cc1cc(CCOCC2CC2)ccc1OC(Cc1ccccc1)C(O)CNCCC(=O)Nc1ccc(C2=NNC(=O)CC2C)cc1. The van der Waals surface area contributed by atoms with Crippen LogP contribution in [-0.2, 0) is 27.2 Å². The lowest BCUT2D eigenvalue weighted by molar-refractivity contribution is -0.122. The minimum atomic E-state index is -0.791. The lowest BCUT2D eigenvalue weighted by Crippen LogP contribution is -2.41. The number of carbonyl (C=O) groups excluding carboxylic acids is 2. The number of amides is 2. The quantitative estimate of drug-likeness (QED) is 0.160. The van der Waals surface area contributed by atoms with E-state index in [9.17, 15) is 14.7 Å². The first-order chi connectivity index (χ1) is 22.3. The first kappa shape index (κ1) is 33.3. The summed E-state index contributed by atoms with van der Waals surface area (Å²) in [5.41, 5.74) is 8.27. The van der Waals surface area contributed by atoms with Crippen LogP contribution in [0.4, 0.5) is 5.69 Å². The van der Waals surface area contributed by atoms with Crippen molar-refractivity contribution in [1.82, 2.24) is 10.7 Å². The lowest BCUT2D eigenvalue weighted by Gasteiger charge is -2.26. The molecule has 1 saturated carbocycles. The zero-order valence-electron chi connectivity index (χ0n) is 26.8. The third kappa shape index (κ3) is 10.2. The van der Waals surface area contributed by atoms with E-state index in [1.54, 1.807) is 0 Å². The monoisotopic (exact) mass is 626 g/mol. The molecular formula is C37H46N4O5. The molecule has 5 rings (SSSR count). The van der Waals surface area contributed by atoms with Gasteiger partial charge in [-0.05, 0) is 72.6 Å². The Hall–Kier alpha value is -4.05. The molecule has 9 heteroatoms. The molecule has 4 N–H and O–H groups in total. The van der Waals surface area contributed by atoms with Gasteiger partial charge in [-0.3, -0.25) is 9.59 Å². The molecule has 3 atom stereocenters. The van der Waals surface area contributed by atoms with Crippen LogP contribution in [0.25, 0.3) is 0 Å². The number of ether oxygens (including phenoxy) is 2. The van der Waals surface area contributed by atoms with Crippen molar-refractivity contribution in [3.05, 3.63) is 95.1 Å². The largest absolute Gasteiger partial charge is 0.487 e. The van der Waals surface area contributed by atoms with Crippen molar-refractivity contribution in [2.45, 2.75) is 64.6 Å². The highest BCUT2D eigenvalue weighted by Crippen LogP contribution is 2.29. The predicted octanol–water partition coefficient (Wildman–Crippen LogP) is 4.79. The number of hydrogen-bond donors (Lipinski definition) is 4. The van der Waals surface area contributed by atoms with Gasteiger partial charge in [0.15, 0.2) is 0 Å². The van der Waals surface area contributed by atoms with Gasteiger partial charge in [-0.15, -0.1) is 0 Å². The summed E-state index contributed by atoms with van der Waals surface area (Å²) in [6.45, 7) is 6.28. The summed E-state index contributed by atoms with van der Waals surface area (Å²) in [5.74, 6) is 1.34. The van der Waals surface area contributed by atoms with Gasteiger partial charge in [-0.2, -0.15) is 5.10 Å². The maximum atomic E-state index is 12.6. The third-order valence-electron chi connectivity index (χ3n) is 8.42. The Morgan fingerprint density at radius 3 is 2.57 bits per heavy atom. The zero-order chi connectivity index (χ0) is 32.3. The lowest BCUT2D eigenvalue weighted by atomic mass is 9.94. The minimum absolute atomic E-state index is 0.0319. The summed E-state index contributed by atoms with van der Waals surface area (Å²) in [4.78, 5) is 24.1. The fraction of sp³-hybridized carbons (Fsp3) is 0.432. The van der Waals surface area contributed by atoms with Gasteiger partial charge >= 0.3 is 0 Å². The van der Waals surface area contributed by atoms with E-state index in [4.69, 9.17) is 9.47 Å². The number of nitrogens with zero attached hydrogens (tertiary/aromatic N) is 1. The molecule has 3 aromatic rings. The van der Waals surface area contributed by atoms with E-state index in [-0.39, 0.29) is 30.7 Å².